The van der Waals surface area contributed by atoms with Crippen LogP contribution in [-0.2, 0) is 0 Å². The molecule has 1 heterocycles. The molecule has 0 aromatic rings. The molecule has 0 spiro atoms. The van der Waals surface area contributed by atoms with E-state index in [1.165, 1.54) is 17.6 Å². The number of quaternary nitrogens is 1. The van der Waals surface area contributed by atoms with E-state index in [1.807, 2.05) is 0 Å². The van der Waals surface area contributed by atoms with Crippen LogP contribution in [0.1, 0.15) is 27.7 Å². The third kappa shape index (κ3) is 1.91. The average Bonchev–Trinajstić information content (AvgIpc) is 2.05. The average molecular weight is 227 g/mol. The molecule has 1 aliphatic rings. The van der Waals surface area contributed by atoms with Crippen LogP contribution in [0.5, 0.6) is 0 Å². The van der Waals surface area contributed by atoms with E-state index >= 15 is 0 Å². The molecule has 1 fully saturated rings. The Kier molecular flexibility index (Phi) is 3.74. The minimum atomic E-state index is -0.0241. The van der Waals surface area contributed by atoms with Gasteiger partial charge in [0.15, 0.2) is 0 Å². The fraction of sp³-hybridized carbons (Fsp3) is 1.00. The summed E-state index contributed by atoms with van der Waals surface area (Å²) >= 11 is -0.0241. The molecule has 0 unspecified atom stereocenters. The molecule has 1 nitrogen and oxygen atoms in total. The zero-order valence-electron chi connectivity index (χ0n) is 9.14. The first kappa shape index (κ1) is 10.7. The topological polar surface area (TPSA) is 0 Å². The van der Waals surface area contributed by atoms with Gasteiger partial charge in [0.25, 0.3) is 0 Å². The van der Waals surface area contributed by atoms with Crippen LogP contribution in [0.4, 0.5) is 0 Å². The van der Waals surface area contributed by atoms with Gasteiger partial charge < -0.3 is 0 Å². The van der Waals surface area contributed by atoms with Gasteiger partial charge in [-0.05, 0) is 0 Å². The van der Waals surface area contributed by atoms with E-state index < -0.39 is 0 Å². The van der Waals surface area contributed by atoms with Gasteiger partial charge in [-0.2, -0.15) is 0 Å². The van der Waals surface area contributed by atoms with Crippen molar-refractivity contribution in [2.45, 2.75) is 49.7 Å². The van der Waals surface area contributed by atoms with Gasteiger partial charge in [0.05, 0.1) is 0 Å². The molecule has 1 rings (SSSR count). The fourth-order valence-corrected chi connectivity index (χ4v) is 6.88. The molecule has 12 heavy (non-hydrogen) atoms. The van der Waals surface area contributed by atoms with E-state index in [9.17, 15) is 0 Å². The van der Waals surface area contributed by atoms with Crippen molar-refractivity contribution in [2.24, 2.45) is 0 Å². The second kappa shape index (κ2) is 4.21. The summed E-state index contributed by atoms with van der Waals surface area (Å²) in [5.41, 5.74) is 0. The van der Waals surface area contributed by atoms with Gasteiger partial charge >= 0.3 is 84.7 Å². The van der Waals surface area contributed by atoms with Crippen LogP contribution in [0, 0.1) is 0 Å². The predicted molar refractivity (Wildman–Crippen MR) is 57.0 cm³/mol. The quantitative estimate of drug-likeness (QED) is 0.499. The van der Waals surface area contributed by atoms with Gasteiger partial charge in [0.1, 0.15) is 0 Å². The Morgan fingerprint density at radius 3 is 1.58 bits per heavy atom. The molecule has 1 saturated heterocycles. The SMILES string of the molecule is CC(C)[N+]1(C(C)C)C[CH2][GaH][CH2]C1. The van der Waals surface area contributed by atoms with Crippen molar-refractivity contribution >= 4 is 17.4 Å². The van der Waals surface area contributed by atoms with Crippen LogP contribution in [0.25, 0.3) is 0 Å². The summed E-state index contributed by atoms with van der Waals surface area (Å²) in [6, 6.07) is 1.68. The maximum absolute atomic E-state index is 2.40. The van der Waals surface area contributed by atoms with Gasteiger partial charge in [-0.3, -0.25) is 0 Å². The van der Waals surface area contributed by atoms with E-state index in [4.69, 9.17) is 0 Å². The number of hydrogen-bond acceptors (Lipinski definition) is 0. The van der Waals surface area contributed by atoms with Gasteiger partial charge in [-0.15, -0.1) is 0 Å². The fourth-order valence-electron chi connectivity index (χ4n) is 2.73. The minimum absolute atomic E-state index is 0.0241. The van der Waals surface area contributed by atoms with Crippen LogP contribution < -0.4 is 0 Å². The van der Waals surface area contributed by atoms with E-state index in [-0.39, 0.29) is 17.4 Å². The molecular weight excluding hydrogens is 204 g/mol. The Morgan fingerprint density at radius 2 is 1.33 bits per heavy atom. The van der Waals surface area contributed by atoms with Gasteiger partial charge in [-0.1, -0.05) is 0 Å². The van der Waals surface area contributed by atoms with Crippen molar-refractivity contribution < 1.29 is 4.48 Å². The van der Waals surface area contributed by atoms with E-state index in [2.05, 4.69) is 27.7 Å². The van der Waals surface area contributed by atoms with Crippen molar-refractivity contribution in [3.8, 4) is 0 Å². The standard InChI is InChI=1S/C10H22N.Ga.H/c1-7-11(8-2,9(3)4)10(5)6;;/h9-10H,1-2,7-8H2,3-6H3;;/q+1;;. The molecule has 0 amide bonds. The molecule has 0 aromatic carbocycles. The zero-order chi connectivity index (χ0) is 9.19. The van der Waals surface area contributed by atoms with Crippen molar-refractivity contribution in [2.75, 3.05) is 13.1 Å². The Labute approximate surface area is 84.9 Å². The summed E-state index contributed by atoms with van der Waals surface area (Å²) in [6.07, 6.45) is 0. The second-order valence-corrected chi connectivity index (χ2v) is 9.25. The molecule has 0 aliphatic carbocycles. The molecule has 1 aliphatic heterocycles. The summed E-state index contributed by atoms with van der Waals surface area (Å²) in [6.45, 7) is 12.6. The Balaban J connectivity index is 2.70. The molecule has 0 N–H and O–H groups in total. The summed E-state index contributed by atoms with van der Waals surface area (Å²) < 4.78 is 1.41. The first-order chi connectivity index (χ1) is 5.59. The molecule has 0 radical (unpaired) electrons. The molecular formula is C10H23GaN+. The number of nitrogens with zero attached hydrogens (tertiary/aromatic N) is 1. The first-order valence-corrected chi connectivity index (χ1v) is 9.65. The van der Waals surface area contributed by atoms with Gasteiger partial charge in [0.2, 0.25) is 0 Å². The Morgan fingerprint density at radius 1 is 0.917 bits per heavy atom. The van der Waals surface area contributed by atoms with Crippen molar-refractivity contribution in [3.63, 3.8) is 0 Å². The molecule has 2 heteroatoms. The molecule has 0 saturated carbocycles. The maximum atomic E-state index is 2.40. The van der Waals surface area contributed by atoms with E-state index in [1.54, 1.807) is 9.95 Å². The summed E-state index contributed by atoms with van der Waals surface area (Å²) in [7, 11) is 0. The molecule has 70 valence electrons. The zero-order valence-corrected chi connectivity index (χ0v) is 12.1. The second-order valence-electron chi connectivity index (χ2n) is 4.80. The van der Waals surface area contributed by atoms with Crippen LogP contribution in [0.2, 0.25) is 9.95 Å². The first-order valence-electron chi connectivity index (χ1n) is 5.46. The van der Waals surface area contributed by atoms with Crippen molar-refractivity contribution in [1.82, 2.24) is 0 Å². The predicted octanol–water partition coefficient (Wildman–Crippen LogP) is 1.91. The van der Waals surface area contributed by atoms with Gasteiger partial charge in [-0.25, -0.2) is 0 Å². The number of rotatable bonds is 2. The van der Waals surface area contributed by atoms with Crippen LogP contribution in [0.3, 0.4) is 0 Å². The summed E-state index contributed by atoms with van der Waals surface area (Å²) in [5, 5.41) is 0. The van der Waals surface area contributed by atoms with E-state index in [0.717, 1.165) is 12.1 Å². The molecule has 0 atom stereocenters. The third-order valence-corrected chi connectivity index (χ3v) is 7.13. The van der Waals surface area contributed by atoms with E-state index in [0.29, 0.717) is 0 Å². The third-order valence-electron chi connectivity index (χ3n) is 3.71. The number of hydrogen-bond donors (Lipinski definition) is 0. The van der Waals surface area contributed by atoms with Gasteiger partial charge in [0, 0.05) is 0 Å². The molecule has 0 bridgehead atoms. The van der Waals surface area contributed by atoms with Crippen LogP contribution >= 0.6 is 0 Å². The summed E-state index contributed by atoms with van der Waals surface area (Å²) in [4.78, 5) is 3.26. The Bertz CT molecular complexity index is 127. The van der Waals surface area contributed by atoms with Crippen molar-refractivity contribution in [3.05, 3.63) is 0 Å². The summed E-state index contributed by atoms with van der Waals surface area (Å²) in [5.74, 6) is 0. The molecule has 0 aromatic heterocycles. The normalized spacial score (nSPS) is 22.8. The van der Waals surface area contributed by atoms with Crippen molar-refractivity contribution in [1.29, 1.82) is 0 Å². The van der Waals surface area contributed by atoms with Crippen LogP contribution in [0.15, 0.2) is 0 Å². The van der Waals surface area contributed by atoms with Crippen LogP contribution in [-0.4, -0.2) is 47.1 Å². The Hall–Kier alpha value is 0.596. The monoisotopic (exact) mass is 226 g/mol.